The van der Waals surface area contributed by atoms with E-state index in [4.69, 9.17) is 0 Å². The van der Waals surface area contributed by atoms with Gasteiger partial charge < -0.3 is 24.5 Å². The zero-order chi connectivity index (χ0) is 48.2. The zero-order valence-electron chi connectivity index (χ0n) is 40.2. The molecule has 74 heavy (non-hydrogen) atoms. The van der Waals surface area contributed by atoms with Gasteiger partial charge in [-0.15, -0.1) is 0 Å². The van der Waals surface area contributed by atoms with Crippen molar-refractivity contribution in [2.24, 2.45) is 0 Å². The number of rotatable bonds is 4. The number of anilines is 15. The highest BCUT2D eigenvalue weighted by Crippen LogP contribution is 2.51. The van der Waals surface area contributed by atoms with Crippen molar-refractivity contribution in [3.63, 3.8) is 0 Å². The summed E-state index contributed by atoms with van der Waals surface area (Å²) in [6.07, 6.45) is 0. The maximum Gasteiger partial charge on any atom is 0.252 e. The molecular weight excluding hydrogens is 895 g/mol. The highest BCUT2D eigenvalue weighted by molar-refractivity contribution is 7.06. The van der Waals surface area contributed by atoms with Gasteiger partial charge in [-0.1, -0.05) is 158 Å². The summed E-state index contributed by atoms with van der Waals surface area (Å²) in [5, 5.41) is 0. The summed E-state index contributed by atoms with van der Waals surface area (Å²) in [4.78, 5) is 12.8. The molecule has 340 valence electrons. The van der Waals surface area contributed by atoms with Gasteiger partial charge in [0.05, 0.1) is 0 Å². The van der Waals surface area contributed by atoms with Crippen molar-refractivity contribution in [1.29, 1.82) is 0 Å². The molecule has 6 aliphatic heterocycles. The van der Waals surface area contributed by atoms with Crippen LogP contribution in [0, 0.1) is 0 Å². The monoisotopic (exact) mass is 937 g/mol. The first-order valence-electron chi connectivity index (χ1n) is 25.9. The third-order valence-corrected chi connectivity index (χ3v) is 16.7. The van der Waals surface area contributed by atoms with Gasteiger partial charge in [-0.3, -0.25) is 0 Å². The van der Waals surface area contributed by atoms with Crippen LogP contribution in [0.25, 0.3) is 0 Å². The molecule has 0 unspecified atom stereocenters. The second-order valence-electron chi connectivity index (χ2n) is 20.3. The Hall–Kier alpha value is -9.39. The van der Waals surface area contributed by atoms with Crippen LogP contribution in [0.4, 0.5) is 85.3 Å². The molecule has 8 heteroatoms. The van der Waals surface area contributed by atoms with Crippen LogP contribution < -0.4 is 73.7 Å². The molecular formula is C66H42B3N5. The average molecular weight is 938 g/mol. The van der Waals surface area contributed by atoms with E-state index >= 15 is 0 Å². The molecule has 5 nitrogen and oxygen atoms in total. The van der Waals surface area contributed by atoms with E-state index in [2.05, 4.69) is 279 Å². The SMILES string of the molecule is c1ccc(N2c3ccccc3B3c4cc5c(cc4N(c4ccccc4)c4cccc2c43)N(c2ccccc2)c2cc3c4c6c2B5c2ccccc2N6c2ccccc2B4c2ccccc2N3c2ccccc2)cc1. The quantitative estimate of drug-likeness (QED) is 0.163. The first-order valence-corrected chi connectivity index (χ1v) is 25.9. The molecule has 0 bridgehead atoms. The summed E-state index contributed by atoms with van der Waals surface area (Å²) in [7, 11) is 0. The minimum Gasteiger partial charge on any atom is -0.312 e. The van der Waals surface area contributed by atoms with Crippen molar-refractivity contribution in [2.75, 3.05) is 24.5 Å². The molecule has 0 N–H and O–H groups in total. The van der Waals surface area contributed by atoms with E-state index in [1.165, 1.54) is 112 Å². The van der Waals surface area contributed by atoms with E-state index in [1.807, 2.05) is 0 Å². The van der Waals surface area contributed by atoms with Crippen molar-refractivity contribution in [3.05, 3.63) is 255 Å². The largest absolute Gasteiger partial charge is 0.312 e. The van der Waals surface area contributed by atoms with Gasteiger partial charge in [0.1, 0.15) is 0 Å². The smallest absolute Gasteiger partial charge is 0.252 e. The van der Waals surface area contributed by atoms with E-state index in [1.54, 1.807) is 0 Å². The Morgan fingerprint density at radius 2 is 0.473 bits per heavy atom. The summed E-state index contributed by atoms with van der Waals surface area (Å²) in [6.45, 7) is -0.0862. The predicted octanol–water partition coefficient (Wildman–Crippen LogP) is 10.5. The Balaban J connectivity index is 1.01. The van der Waals surface area contributed by atoms with Gasteiger partial charge in [-0.05, 0) is 146 Å². The Bertz CT molecular complexity index is 4140. The Labute approximate surface area is 431 Å². The lowest BCUT2D eigenvalue weighted by Crippen LogP contribution is -2.69. The molecule has 0 atom stereocenters. The normalized spacial score (nSPS) is 14.3. The van der Waals surface area contributed by atoms with Gasteiger partial charge in [0.15, 0.2) is 0 Å². The molecule has 0 saturated carbocycles. The Morgan fingerprint density at radius 1 is 0.189 bits per heavy atom. The fourth-order valence-electron chi connectivity index (χ4n) is 14.0. The van der Waals surface area contributed by atoms with E-state index < -0.39 is 0 Å². The maximum absolute atomic E-state index is 2.64. The van der Waals surface area contributed by atoms with Crippen molar-refractivity contribution >= 4 is 155 Å². The van der Waals surface area contributed by atoms with Crippen molar-refractivity contribution < 1.29 is 0 Å². The van der Waals surface area contributed by atoms with E-state index in [0.717, 1.165) is 22.7 Å². The number of fused-ring (bicyclic) bond motifs is 14. The summed E-state index contributed by atoms with van der Waals surface area (Å²) in [5.41, 5.74) is 29.9. The van der Waals surface area contributed by atoms with Crippen molar-refractivity contribution in [1.82, 2.24) is 0 Å². The number of nitrogens with zero attached hydrogens (tertiary/aromatic N) is 5. The van der Waals surface area contributed by atoms with Crippen LogP contribution in [0.1, 0.15) is 0 Å². The molecule has 11 aromatic rings. The number of hydrogen-bond donors (Lipinski definition) is 0. The molecule has 0 aromatic heterocycles. The summed E-state index contributed by atoms with van der Waals surface area (Å²) in [5.74, 6) is 0. The van der Waals surface area contributed by atoms with Gasteiger partial charge in [-0.2, -0.15) is 0 Å². The Morgan fingerprint density at radius 3 is 0.892 bits per heavy atom. The fraction of sp³-hybridized carbons (Fsp3) is 0. The average Bonchev–Trinajstić information content (AvgIpc) is 3.48. The van der Waals surface area contributed by atoms with Gasteiger partial charge in [-0.25, -0.2) is 0 Å². The van der Waals surface area contributed by atoms with Crippen molar-refractivity contribution in [2.45, 2.75) is 0 Å². The van der Waals surface area contributed by atoms with E-state index in [-0.39, 0.29) is 20.1 Å². The molecule has 0 saturated heterocycles. The number of benzene rings is 11. The lowest BCUT2D eigenvalue weighted by molar-refractivity contribution is 1.22. The topological polar surface area (TPSA) is 16.2 Å². The first kappa shape index (κ1) is 40.2. The van der Waals surface area contributed by atoms with Crippen LogP contribution in [-0.4, -0.2) is 20.1 Å². The summed E-state index contributed by atoms with van der Waals surface area (Å²) in [6, 6.07) is 95.4. The van der Waals surface area contributed by atoms with Crippen LogP contribution in [0.15, 0.2) is 255 Å². The lowest BCUT2D eigenvalue weighted by atomic mass is 9.28. The number of hydrogen-bond acceptors (Lipinski definition) is 5. The Kier molecular flexibility index (Phi) is 8.20. The summed E-state index contributed by atoms with van der Waals surface area (Å²) < 4.78 is 0. The second kappa shape index (κ2) is 15.1. The van der Waals surface area contributed by atoms with Gasteiger partial charge >= 0.3 is 0 Å². The van der Waals surface area contributed by atoms with Crippen LogP contribution in [0.3, 0.4) is 0 Å². The lowest BCUT2D eigenvalue weighted by Gasteiger charge is -2.51. The van der Waals surface area contributed by atoms with Gasteiger partial charge in [0, 0.05) is 85.3 Å². The fourth-order valence-corrected chi connectivity index (χ4v) is 14.0. The molecule has 0 aliphatic carbocycles. The minimum absolute atomic E-state index is 0.0237. The molecule has 0 fully saturated rings. The molecule has 0 amide bonds. The minimum atomic E-state index is -0.0762. The van der Waals surface area contributed by atoms with E-state index in [0.29, 0.717) is 0 Å². The van der Waals surface area contributed by atoms with Crippen LogP contribution in [0.5, 0.6) is 0 Å². The van der Waals surface area contributed by atoms with Gasteiger partial charge in [0.2, 0.25) is 0 Å². The van der Waals surface area contributed by atoms with Crippen molar-refractivity contribution in [3.8, 4) is 0 Å². The number of para-hydroxylation sites is 8. The molecule has 0 radical (unpaired) electrons. The standard InChI is InChI=1S/C66H42B3N5/c1-5-22-43(23-6-1)70-53-34-17-14-31-48(53)68-51-40-52-60(41-59(51)72(45-26-9-3-10-27-45)58-39-21-38-57(70)63(58)68)73(46-28-11-4-12-29-46)62-42-61-64-66-65(62)69(52)50-33-16-20-37-56(50)74(66)55-36-19-15-32-49(55)67(64)47-30-13-18-35-54(47)71(61)44-24-7-2-8-25-44/h1-42H. The molecule has 6 heterocycles. The third-order valence-electron chi connectivity index (χ3n) is 16.7. The summed E-state index contributed by atoms with van der Waals surface area (Å²) >= 11 is 0. The maximum atomic E-state index is 2.64. The highest BCUT2D eigenvalue weighted by atomic mass is 15.2. The highest BCUT2D eigenvalue weighted by Gasteiger charge is 2.53. The van der Waals surface area contributed by atoms with Crippen LogP contribution >= 0.6 is 0 Å². The molecule has 17 rings (SSSR count). The first-order chi connectivity index (χ1) is 36.8. The zero-order valence-corrected chi connectivity index (χ0v) is 40.2. The second-order valence-corrected chi connectivity index (χ2v) is 20.3. The molecule has 11 aromatic carbocycles. The van der Waals surface area contributed by atoms with Crippen LogP contribution in [0.2, 0.25) is 0 Å². The molecule has 6 aliphatic rings. The third kappa shape index (κ3) is 5.26. The molecule has 0 spiro atoms. The van der Waals surface area contributed by atoms with E-state index in [9.17, 15) is 0 Å². The predicted molar refractivity (Wildman–Crippen MR) is 314 cm³/mol. The van der Waals surface area contributed by atoms with Crippen LogP contribution in [-0.2, 0) is 0 Å². The van der Waals surface area contributed by atoms with Gasteiger partial charge in [0.25, 0.3) is 20.1 Å².